The molecule has 0 aromatic heterocycles. The van der Waals surface area contributed by atoms with E-state index in [9.17, 15) is 0 Å². The molecule has 3 unspecified atom stereocenters. The molecule has 0 spiro atoms. The lowest BCUT2D eigenvalue weighted by Crippen LogP contribution is -2.41. The Hall–Kier alpha value is -1.55. The van der Waals surface area contributed by atoms with Crippen molar-refractivity contribution in [1.82, 2.24) is 10.2 Å². The third-order valence-corrected chi connectivity index (χ3v) is 4.69. The van der Waals surface area contributed by atoms with Crippen LogP contribution in [0.3, 0.4) is 0 Å². The minimum Gasteiger partial charge on any atom is -0.381 e. The predicted molar refractivity (Wildman–Crippen MR) is 90.3 cm³/mol. The summed E-state index contributed by atoms with van der Waals surface area (Å²) in [7, 11) is 1.89. The fourth-order valence-electron chi connectivity index (χ4n) is 3.33. The van der Waals surface area contributed by atoms with Gasteiger partial charge in [-0.2, -0.15) is 0 Å². The van der Waals surface area contributed by atoms with E-state index in [-0.39, 0.29) is 0 Å². The van der Waals surface area contributed by atoms with Crippen LogP contribution in [0.2, 0.25) is 0 Å². The van der Waals surface area contributed by atoms with E-state index in [1.807, 2.05) is 7.05 Å². The predicted octanol–water partition coefficient (Wildman–Crippen LogP) is 2.48. The Labute approximate surface area is 133 Å². The first-order valence-corrected chi connectivity index (χ1v) is 8.42. The Balaban J connectivity index is 1.50. The number of aliphatic imine (C=N–C) groups is 1. The maximum atomic E-state index is 5.56. The maximum absolute atomic E-state index is 5.56. The molecule has 3 rings (SSSR count). The number of rotatable bonds is 5. The molecule has 1 N–H and O–H groups in total. The van der Waals surface area contributed by atoms with Crippen LogP contribution < -0.4 is 5.32 Å². The highest BCUT2D eigenvalue weighted by atomic mass is 16.5. The Morgan fingerprint density at radius 1 is 1.36 bits per heavy atom. The molecule has 1 saturated carbocycles. The minimum atomic E-state index is 0.534. The second-order valence-electron chi connectivity index (χ2n) is 6.31. The van der Waals surface area contributed by atoms with Crippen LogP contribution >= 0.6 is 0 Å². The van der Waals surface area contributed by atoms with Gasteiger partial charge < -0.3 is 15.0 Å². The molecule has 2 fully saturated rings. The molecule has 120 valence electrons. The average Bonchev–Trinajstić information content (AvgIpc) is 3.18. The standard InChI is InChI=1S/C18H27N3O/c1-3-22-13-14-9-10-21(12-14)18(19-2)20-17-11-16(17)15-7-5-4-6-8-15/h4-8,14,16-17H,3,9-13H2,1-2H3,(H,19,20). The van der Waals surface area contributed by atoms with E-state index in [1.165, 1.54) is 18.4 Å². The topological polar surface area (TPSA) is 36.9 Å². The van der Waals surface area contributed by atoms with Crippen molar-refractivity contribution in [3.63, 3.8) is 0 Å². The van der Waals surface area contributed by atoms with E-state index in [1.54, 1.807) is 0 Å². The van der Waals surface area contributed by atoms with Crippen LogP contribution in [0, 0.1) is 5.92 Å². The van der Waals surface area contributed by atoms with Crippen molar-refractivity contribution < 1.29 is 4.74 Å². The van der Waals surface area contributed by atoms with Crippen LogP contribution in [0.5, 0.6) is 0 Å². The van der Waals surface area contributed by atoms with Gasteiger partial charge in [0.25, 0.3) is 0 Å². The van der Waals surface area contributed by atoms with Crippen molar-refractivity contribution in [3.8, 4) is 0 Å². The lowest BCUT2D eigenvalue weighted by Gasteiger charge is -2.22. The van der Waals surface area contributed by atoms with Crippen LogP contribution in [-0.4, -0.2) is 50.3 Å². The number of guanidine groups is 1. The van der Waals surface area contributed by atoms with Gasteiger partial charge in [0.2, 0.25) is 0 Å². The van der Waals surface area contributed by atoms with Gasteiger partial charge in [-0.3, -0.25) is 4.99 Å². The Bertz CT molecular complexity index is 502. The summed E-state index contributed by atoms with van der Waals surface area (Å²) in [5, 5.41) is 3.64. The van der Waals surface area contributed by atoms with Crippen LogP contribution in [-0.2, 0) is 4.74 Å². The molecule has 0 radical (unpaired) electrons. The van der Waals surface area contributed by atoms with Gasteiger partial charge in [0, 0.05) is 44.6 Å². The summed E-state index contributed by atoms with van der Waals surface area (Å²) < 4.78 is 5.56. The zero-order valence-electron chi connectivity index (χ0n) is 13.7. The number of nitrogens with one attached hydrogen (secondary N) is 1. The van der Waals surface area contributed by atoms with Crippen LogP contribution in [0.1, 0.15) is 31.2 Å². The van der Waals surface area contributed by atoms with Crippen LogP contribution in [0.15, 0.2) is 35.3 Å². The van der Waals surface area contributed by atoms with Crippen molar-refractivity contribution in [2.75, 3.05) is 33.4 Å². The largest absolute Gasteiger partial charge is 0.381 e. The second-order valence-corrected chi connectivity index (χ2v) is 6.31. The van der Waals surface area contributed by atoms with Gasteiger partial charge in [0.1, 0.15) is 0 Å². The van der Waals surface area contributed by atoms with Gasteiger partial charge in [-0.05, 0) is 25.3 Å². The van der Waals surface area contributed by atoms with Gasteiger partial charge in [-0.15, -0.1) is 0 Å². The lowest BCUT2D eigenvalue weighted by atomic mass is 10.1. The summed E-state index contributed by atoms with van der Waals surface area (Å²) in [5.41, 5.74) is 1.44. The van der Waals surface area contributed by atoms with E-state index >= 15 is 0 Å². The fraction of sp³-hybridized carbons (Fsp3) is 0.611. The minimum absolute atomic E-state index is 0.534. The quantitative estimate of drug-likeness (QED) is 0.670. The third-order valence-electron chi connectivity index (χ3n) is 4.69. The zero-order chi connectivity index (χ0) is 15.4. The Morgan fingerprint density at radius 3 is 2.91 bits per heavy atom. The van der Waals surface area contributed by atoms with E-state index in [0.717, 1.165) is 32.3 Å². The summed E-state index contributed by atoms with van der Waals surface area (Å²) in [4.78, 5) is 6.86. The SMILES string of the molecule is CCOCC1CCN(C(=NC)NC2CC2c2ccccc2)C1. The summed E-state index contributed by atoms with van der Waals surface area (Å²) >= 11 is 0. The fourth-order valence-corrected chi connectivity index (χ4v) is 3.33. The molecular formula is C18H27N3O. The van der Waals surface area contributed by atoms with Crippen molar-refractivity contribution in [2.45, 2.75) is 31.7 Å². The first kappa shape index (κ1) is 15.3. The molecule has 4 heteroatoms. The van der Waals surface area contributed by atoms with E-state index in [4.69, 9.17) is 4.74 Å². The summed E-state index contributed by atoms with van der Waals surface area (Å²) in [6.45, 7) is 5.89. The number of nitrogens with zero attached hydrogens (tertiary/aromatic N) is 2. The summed E-state index contributed by atoms with van der Waals surface area (Å²) in [6.07, 6.45) is 2.41. The number of likely N-dealkylation sites (tertiary alicyclic amines) is 1. The number of hydrogen-bond donors (Lipinski definition) is 1. The molecule has 0 bridgehead atoms. The molecule has 1 aromatic carbocycles. The first-order chi connectivity index (χ1) is 10.8. The highest BCUT2D eigenvalue weighted by Crippen LogP contribution is 2.40. The third kappa shape index (κ3) is 3.61. The highest BCUT2D eigenvalue weighted by molar-refractivity contribution is 5.81. The smallest absolute Gasteiger partial charge is 0.193 e. The monoisotopic (exact) mass is 301 g/mol. The number of hydrogen-bond acceptors (Lipinski definition) is 2. The number of ether oxygens (including phenoxy) is 1. The maximum Gasteiger partial charge on any atom is 0.193 e. The lowest BCUT2D eigenvalue weighted by molar-refractivity contribution is 0.114. The molecule has 0 amide bonds. The van der Waals surface area contributed by atoms with Crippen molar-refractivity contribution in [3.05, 3.63) is 35.9 Å². The molecule has 2 aliphatic rings. The molecular weight excluding hydrogens is 274 g/mol. The normalized spacial score (nSPS) is 28.0. The van der Waals surface area contributed by atoms with Gasteiger partial charge >= 0.3 is 0 Å². The van der Waals surface area contributed by atoms with Gasteiger partial charge in [-0.1, -0.05) is 30.3 Å². The molecule has 3 atom stereocenters. The molecule has 1 saturated heterocycles. The zero-order valence-corrected chi connectivity index (χ0v) is 13.7. The highest BCUT2D eigenvalue weighted by Gasteiger charge is 2.40. The van der Waals surface area contributed by atoms with Gasteiger partial charge in [-0.25, -0.2) is 0 Å². The molecule has 1 aromatic rings. The molecule has 22 heavy (non-hydrogen) atoms. The van der Waals surface area contributed by atoms with Crippen molar-refractivity contribution >= 4 is 5.96 Å². The summed E-state index contributed by atoms with van der Waals surface area (Å²) in [5.74, 6) is 2.34. The van der Waals surface area contributed by atoms with Gasteiger partial charge in [0.15, 0.2) is 5.96 Å². The van der Waals surface area contributed by atoms with E-state index in [2.05, 4.69) is 52.5 Å². The molecule has 1 aliphatic carbocycles. The van der Waals surface area contributed by atoms with Crippen LogP contribution in [0.4, 0.5) is 0 Å². The van der Waals surface area contributed by atoms with E-state index < -0.39 is 0 Å². The van der Waals surface area contributed by atoms with E-state index in [0.29, 0.717) is 17.9 Å². The average molecular weight is 301 g/mol. The molecule has 1 aliphatic heterocycles. The van der Waals surface area contributed by atoms with Crippen LogP contribution in [0.25, 0.3) is 0 Å². The molecule has 4 nitrogen and oxygen atoms in total. The van der Waals surface area contributed by atoms with Gasteiger partial charge in [0.05, 0.1) is 6.61 Å². The number of benzene rings is 1. The van der Waals surface area contributed by atoms with Crippen molar-refractivity contribution in [1.29, 1.82) is 0 Å². The second kappa shape index (κ2) is 7.14. The van der Waals surface area contributed by atoms with Crippen molar-refractivity contribution in [2.24, 2.45) is 10.9 Å². The summed E-state index contributed by atoms with van der Waals surface area (Å²) in [6, 6.07) is 11.3. The first-order valence-electron chi connectivity index (χ1n) is 8.42. The molecule has 1 heterocycles. The Kier molecular flexibility index (Phi) is 4.98. The Morgan fingerprint density at radius 2 is 2.18 bits per heavy atom.